The Morgan fingerprint density at radius 1 is 1.00 bits per heavy atom. The van der Waals surface area contributed by atoms with Gasteiger partial charge in [-0.2, -0.15) is 9.90 Å². The molecular weight excluding hydrogens is 343 g/mol. The molecule has 0 rings (SSSR count). The van der Waals surface area contributed by atoms with Crippen LogP contribution in [0.5, 0.6) is 0 Å². The van der Waals surface area contributed by atoms with Gasteiger partial charge in [0.2, 0.25) is 0 Å². The fraction of sp³-hybridized carbons (Fsp3) is 0. The Morgan fingerprint density at radius 3 is 1.00 bits per heavy atom. The van der Waals surface area contributed by atoms with Crippen LogP contribution < -0.4 is 0 Å². The molecule has 4 heteroatoms. The van der Waals surface area contributed by atoms with Crippen molar-refractivity contribution in [3.63, 3.8) is 0 Å². The third-order valence-electron chi connectivity index (χ3n) is 0. The molecule has 31 valence electrons. The van der Waals surface area contributed by atoms with Crippen molar-refractivity contribution in [3.8, 4) is 0 Å². The molecule has 0 aliphatic carbocycles. The molecule has 1 unspecified atom stereocenters. The van der Waals surface area contributed by atoms with E-state index in [0.29, 0.717) is 0 Å². The first kappa shape index (κ1) is 40.3. The van der Waals surface area contributed by atoms with Crippen molar-refractivity contribution >= 4 is 18.3 Å². The van der Waals surface area contributed by atoms with Crippen LogP contribution in [-0.4, -0.2) is 8.41 Å². The summed E-state index contributed by atoms with van der Waals surface area (Å²) in [4.78, 5) is 0. The van der Waals surface area contributed by atoms with Crippen molar-refractivity contribution < 1.29 is 41.5 Å². The summed E-state index contributed by atoms with van der Waals surface area (Å²) >= 11 is 0. The van der Waals surface area contributed by atoms with E-state index >= 15 is 0 Å². The summed E-state index contributed by atoms with van der Waals surface area (Å²) in [6, 6.07) is 0. The second-order valence-corrected chi connectivity index (χ2v) is 0. The fourth-order valence-corrected chi connectivity index (χ4v) is 0. The van der Waals surface area contributed by atoms with E-state index in [2.05, 4.69) is 0 Å². The molecule has 0 amide bonds. The van der Waals surface area contributed by atoms with Crippen LogP contribution >= 0.6 is 9.90 Å². The van der Waals surface area contributed by atoms with Crippen LogP contribution in [0.25, 0.3) is 0 Å². The van der Waals surface area contributed by atoms with Gasteiger partial charge in [-0.1, -0.05) is 0 Å². The molecule has 0 nitrogen and oxygen atoms in total. The molecule has 1 atom stereocenters. The van der Waals surface area contributed by atoms with E-state index in [1.54, 1.807) is 0 Å². The molecule has 3 radical (unpaired) electrons. The molecule has 0 aromatic carbocycles. The SMILES string of the molecule is P.[B].[Pd].[Pt]. The van der Waals surface area contributed by atoms with Crippen LogP contribution in [0.15, 0.2) is 0 Å². The van der Waals surface area contributed by atoms with Crippen LogP contribution in [0.2, 0.25) is 0 Å². The van der Waals surface area contributed by atoms with Crippen molar-refractivity contribution in [2.24, 2.45) is 0 Å². The number of rotatable bonds is 0. The molecule has 0 saturated heterocycles. The minimum absolute atomic E-state index is 0. The summed E-state index contributed by atoms with van der Waals surface area (Å²) in [5.41, 5.74) is 0. The first-order valence-corrected chi connectivity index (χ1v) is 0. The third-order valence-corrected chi connectivity index (χ3v) is 0. The Labute approximate surface area is 59.6 Å². The molecular formula is H3BPPdPt. The van der Waals surface area contributed by atoms with Crippen molar-refractivity contribution in [1.82, 2.24) is 0 Å². The van der Waals surface area contributed by atoms with Crippen LogP contribution in [0.1, 0.15) is 0 Å². The van der Waals surface area contributed by atoms with Crippen LogP contribution in [-0.2, 0) is 41.5 Å². The summed E-state index contributed by atoms with van der Waals surface area (Å²) in [7, 11) is 0. The quantitative estimate of drug-likeness (QED) is 0.416. The average Bonchev–Trinajstić information content (AvgIpc) is 0. The minimum Gasteiger partial charge on any atom is -0.153 e. The van der Waals surface area contributed by atoms with Crippen LogP contribution in [0, 0.1) is 0 Å². The maximum absolute atomic E-state index is 0. The molecule has 0 aromatic heterocycles. The Hall–Kier alpha value is 1.85. The standard InChI is InChI=1S/B.H3P.Pd.Pt/h;1H3;;. The van der Waals surface area contributed by atoms with Crippen LogP contribution in [0.4, 0.5) is 0 Å². The summed E-state index contributed by atoms with van der Waals surface area (Å²) in [5, 5.41) is 0. The zero-order valence-electron chi connectivity index (χ0n) is 1.92. The van der Waals surface area contributed by atoms with E-state index in [0.717, 1.165) is 0 Å². The number of hydrogen-bond donors (Lipinski definition) is 0. The van der Waals surface area contributed by atoms with E-state index in [1.807, 2.05) is 0 Å². The van der Waals surface area contributed by atoms with Gasteiger partial charge in [0.15, 0.2) is 0 Å². The largest absolute Gasteiger partial charge is 0.153 e. The molecule has 0 fully saturated rings. The second kappa shape index (κ2) is 21.0. The molecule has 0 spiro atoms. The van der Waals surface area contributed by atoms with Gasteiger partial charge in [0.1, 0.15) is 0 Å². The minimum atomic E-state index is 0. The van der Waals surface area contributed by atoms with Gasteiger partial charge in [0.05, 0.1) is 0 Å². The van der Waals surface area contributed by atoms with Gasteiger partial charge >= 0.3 is 0 Å². The monoisotopic (exact) mass is 346 g/mol. The Morgan fingerprint density at radius 2 is 1.00 bits per heavy atom. The molecule has 0 bridgehead atoms. The van der Waals surface area contributed by atoms with Crippen molar-refractivity contribution in [1.29, 1.82) is 0 Å². The predicted octanol–water partition coefficient (Wildman–Crippen LogP) is -0.328. The molecule has 0 saturated carbocycles. The van der Waals surface area contributed by atoms with Gasteiger partial charge in [-0.05, 0) is 0 Å². The van der Waals surface area contributed by atoms with E-state index in [1.165, 1.54) is 0 Å². The van der Waals surface area contributed by atoms with E-state index in [9.17, 15) is 0 Å². The normalized spacial score (nSPS) is 0. The number of hydrogen-bond acceptors (Lipinski definition) is 0. The van der Waals surface area contributed by atoms with Gasteiger partial charge in [0.25, 0.3) is 0 Å². The molecule has 0 aliphatic rings. The van der Waals surface area contributed by atoms with Gasteiger partial charge in [-0.3, -0.25) is 0 Å². The molecule has 0 N–H and O–H groups in total. The smallest absolute Gasteiger partial charge is 0 e. The van der Waals surface area contributed by atoms with Gasteiger partial charge in [0, 0.05) is 49.9 Å². The van der Waals surface area contributed by atoms with Gasteiger partial charge < -0.3 is 0 Å². The fourth-order valence-electron chi connectivity index (χ4n) is 0. The first-order chi connectivity index (χ1) is 0. The summed E-state index contributed by atoms with van der Waals surface area (Å²) in [5.74, 6) is 0. The topological polar surface area (TPSA) is 0 Å². The van der Waals surface area contributed by atoms with Gasteiger partial charge in [-0.25, -0.2) is 0 Å². The van der Waals surface area contributed by atoms with Crippen LogP contribution in [0.3, 0.4) is 0 Å². The maximum atomic E-state index is 0. The molecule has 0 aromatic rings. The predicted molar refractivity (Wildman–Crippen MR) is 16.9 cm³/mol. The van der Waals surface area contributed by atoms with E-state index < -0.39 is 0 Å². The summed E-state index contributed by atoms with van der Waals surface area (Å²) < 4.78 is 0. The van der Waals surface area contributed by atoms with Crippen molar-refractivity contribution in [3.05, 3.63) is 0 Å². The van der Waals surface area contributed by atoms with Crippen molar-refractivity contribution in [2.45, 2.75) is 0 Å². The van der Waals surface area contributed by atoms with Gasteiger partial charge in [-0.15, -0.1) is 0 Å². The van der Waals surface area contributed by atoms with E-state index in [-0.39, 0.29) is 59.8 Å². The first-order valence-electron chi connectivity index (χ1n) is 0. The average molecular weight is 346 g/mol. The zero-order chi connectivity index (χ0) is 0. The Kier molecular flexibility index (Phi) is 212. The maximum Gasteiger partial charge on any atom is 0 e. The van der Waals surface area contributed by atoms with Crippen molar-refractivity contribution in [2.75, 3.05) is 0 Å². The van der Waals surface area contributed by atoms with E-state index in [4.69, 9.17) is 0 Å². The molecule has 0 aliphatic heterocycles. The zero-order valence-corrected chi connectivity index (χ0v) is 7.16. The molecule has 4 heavy (non-hydrogen) atoms. The molecule has 0 heterocycles. The second-order valence-electron chi connectivity index (χ2n) is 0. The summed E-state index contributed by atoms with van der Waals surface area (Å²) in [6.07, 6.45) is 0. The third kappa shape index (κ3) is 9.14. The Balaban J connectivity index is 0. The summed E-state index contributed by atoms with van der Waals surface area (Å²) in [6.45, 7) is 0. The Bertz CT molecular complexity index is 8.00.